The van der Waals surface area contributed by atoms with Gasteiger partial charge in [-0.25, -0.2) is 0 Å². The summed E-state index contributed by atoms with van der Waals surface area (Å²) in [5, 5.41) is 18.0. The third-order valence-electron chi connectivity index (χ3n) is 2.60. The van der Waals surface area contributed by atoms with Crippen molar-refractivity contribution in [3.8, 4) is 0 Å². The molecule has 1 atom stereocenters. The van der Waals surface area contributed by atoms with Gasteiger partial charge in [0.25, 0.3) is 0 Å². The van der Waals surface area contributed by atoms with Gasteiger partial charge in [0.15, 0.2) is 0 Å². The molecule has 16 heavy (non-hydrogen) atoms. The fourth-order valence-electron chi connectivity index (χ4n) is 1.65. The first-order valence-corrected chi connectivity index (χ1v) is 5.34. The highest BCUT2D eigenvalue weighted by molar-refractivity contribution is 5.18. The molecule has 0 aliphatic carbocycles. The first-order valence-electron chi connectivity index (χ1n) is 5.34. The second kappa shape index (κ2) is 4.89. The number of hydrogen-bond donors (Lipinski definition) is 2. The molecular formula is C10H16N6. The van der Waals surface area contributed by atoms with E-state index >= 15 is 0 Å². The molecule has 0 fully saturated rings. The summed E-state index contributed by atoms with van der Waals surface area (Å²) in [5.74, 6) is 0. The quantitative estimate of drug-likeness (QED) is 0.776. The molecule has 0 aliphatic rings. The zero-order valence-electron chi connectivity index (χ0n) is 9.51. The summed E-state index contributed by atoms with van der Waals surface area (Å²) < 4.78 is 1.81. The van der Waals surface area contributed by atoms with Crippen LogP contribution in [-0.2, 0) is 6.54 Å². The first kappa shape index (κ1) is 10.8. The highest BCUT2D eigenvalue weighted by atomic mass is 15.4. The maximum atomic E-state index is 4.01. The predicted octanol–water partition coefficient (Wildman–Crippen LogP) is 0.660. The van der Waals surface area contributed by atoms with Crippen LogP contribution in [0.1, 0.15) is 24.2 Å². The van der Waals surface area contributed by atoms with Crippen molar-refractivity contribution in [1.29, 1.82) is 0 Å². The Morgan fingerprint density at radius 1 is 1.56 bits per heavy atom. The molecule has 0 aromatic carbocycles. The third kappa shape index (κ3) is 2.46. The van der Waals surface area contributed by atoms with Crippen LogP contribution in [0.4, 0.5) is 0 Å². The van der Waals surface area contributed by atoms with Crippen LogP contribution in [0, 0.1) is 6.92 Å². The van der Waals surface area contributed by atoms with E-state index in [0.717, 1.165) is 18.8 Å². The minimum absolute atomic E-state index is 0.294. The largest absolute Gasteiger partial charge is 0.308 e. The number of aromatic amines is 1. The number of hydrogen-bond acceptors (Lipinski definition) is 4. The topological polar surface area (TPSA) is 71.4 Å². The maximum Gasteiger partial charge on any atom is 0.0692 e. The minimum atomic E-state index is 0.294. The molecule has 0 amide bonds. The molecule has 0 saturated carbocycles. The Morgan fingerprint density at radius 2 is 2.44 bits per heavy atom. The number of nitrogens with zero attached hydrogens (tertiary/aromatic N) is 4. The van der Waals surface area contributed by atoms with Crippen molar-refractivity contribution in [1.82, 2.24) is 30.5 Å². The molecule has 1 unspecified atom stereocenters. The van der Waals surface area contributed by atoms with E-state index in [1.165, 1.54) is 5.56 Å². The van der Waals surface area contributed by atoms with Gasteiger partial charge in [-0.2, -0.15) is 5.10 Å². The molecule has 0 saturated heterocycles. The van der Waals surface area contributed by atoms with Gasteiger partial charge in [-0.3, -0.25) is 9.78 Å². The Hall–Kier alpha value is -1.69. The van der Waals surface area contributed by atoms with Gasteiger partial charge in [-0.15, -0.1) is 5.10 Å². The van der Waals surface area contributed by atoms with E-state index in [9.17, 15) is 0 Å². The molecular weight excluding hydrogens is 204 g/mol. The molecule has 2 rings (SSSR count). The maximum absolute atomic E-state index is 4.01. The smallest absolute Gasteiger partial charge is 0.0692 e. The highest BCUT2D eigenvalue weighted by Crippen LogP contribution is 2.13. The van der Waals surface area contributed by atoms with Gasteiger partial charge in [-0.1, -0.05) is 5.21 Å². The van der Waals surface area contributed by atoms with E-state index < -0.39 is 0 Å². The van der Waals surface area contributed by atoms with E-state index in [1.54, 1.807) is 6.20 Å². The molecule has 0 aliphatic heterocycles. The van der Waals surface area contributed by atoms with Crippen LogP contribution in [0.3, 0.4) is 0 Å². The lowest BCUT2D eigenvalue weighted by atomic mass is 10.1. The Bertz CT molecular complexity index is 418. The number of aryl methyl sites for hydroxylation is 1. The van der Waals surface area contributed by atoms with Gasteiger partial charge >= 0.3 is 0 Å². The predicted molar refractivity (Wildman–Crippen MR) is 59.8 cm³/mol. The SMILES string of the molecule is Cc1[nH]ncc1C(C)NCCn1ccnn1. The number of aromatic nitrogens is 5. The normalized spacial score (nSPS) is 12.9. The number of nitrogens with one attached hydrogen (secondary N) is 2. The van der Waals surface area contributed by atoms with Crippen LogP contribution in [0.15, 0.2) is 18.6 Å². The first-order chi connectivity index (χ1) is 7.77. The van der Waals surface area contributed by atoms with Gasteiger partial charge < -0.3 is 5.32 Å². The van der Waals surface area contributed by atoms with Gasteiger partial charge in [0, 0.05) is 30.0 Å². The second-order valence-corrected chi connectivity index (χ2v) is 3.79. The number of H-pyrrole nitrogens is 1. The molecule has 2 N–H and O–H groups in total. The van der Waals surface area contributed by atoms with Crippen LogP contribution in [0.5, 0.6) is 0 Å². The van der Waals surface area contributed by atoms with E-state index in [1.807, 2.05) is 24.0 Å². The molecule has 2 aromatic rings. The average molecular weight is 220 g/mol. The lowest BCUT2D eigenvalue weighted by Crippen LogP contribution is -2.23. The Morgan fingerprint density at radius 3 is 3.06 bits per heavy atom. The molecule has 0 radical (unpaired) electrons. The summed E-state index contributed by atoms with van der Waals surface area (Å²) in [6.45, 7) is 5.83. The minimum Gasteiger partial charge on any atom is -0.308 e. The monoisotopic (exact) mass is 220 g/mol. The van der Waals surface area contributed by atoms with Crippen LogP contribution < -0.4 is 5.32 Å². The number of rotatable bonds is 5. The van der Waals surface area contributed by atoms with Gasteiger partial charge in [0.2, 0.25) is 0 Å². The van der Waals surface area contributed by atoms with Crippen molar-refractivity contribution >= 4 is 0 Å². The van der Waals surface area contributed by atoms with Crippen molar-refractivity contribution in [2.24, 2.45) is 0 Å². The van der Waals surface area contributed by atoms with Crippen LogP contribution in [0.2, 0.25) is 0 Å². The standard InChI is InChI=1S/C10H16N6/c1-8(10-7-13-14-9(10)2)11-3-5-16-6-4-12-15-16/h4,6-8,11H,3,5H2,1-2H3,(H,13,14). The van der Waals surface area contributed by atoms with Crippen molar-refractivity contribution in [2.45, 2.75) is 26.4 Å². The average Bonchev–Trinajstić information content (AvgIpc) is 2.88. The van der Waals surface area contributed by atoms with Gasteiger partial charge in [-0.05, 0) is 13.8 Å². The summed E-state index contributed by atoms with van der Waals surface area (Å²) in [6.07, 6.45) is 5.40. The molecule has 0 bridgehead atoms. The Balaban J connectivity index is 1.80. The fourth-order valence-corrected chi connectivity index (χ4v) is 1.65. The molecule has 2 aromatic heterocycles. The van der Waals surface area contributed by atoms with E-state index in [0.29, 0.717) is 6.04 Å². The lowest BCUT2D eigenvalue weighted by molar-refractivity contribution is 0.498. The summed E-state index contributed by atoms with van der Waals surface area (Å²) in [6, 6.07) is 0.294. The summed E-state index contributed by atoms with van der Waals surface area (Å²) in [5.41, 5.74) is 2.32. The van der Waals surface area contributed by atoms with Crippen molar-refractivity contribution in [3.63, 3.8) is 0 Å². The van der Waals surface area contributed by atoms with Crippen molar-refractivity contribution < 1.29 is 0 Å². The van der Waals surface area contributed by atoms with Crippen molar-refractivity contribution in [3.05, 3.63) is 29.8 Å². The molecule has 86 valence electrons. The van der Waals surface area contributed by atoms with Gasteiger partial charge in [0.1, 0.15) is 0 Å². The Labute approximate surface area is 94.1 Å². The highest BCUT2D eigenvalue weighted by Gasteiger charge is 2.08. The molecule has 6 nitrogen and oxygen atoms in total. The van der Waals surface area contributed by atoms with Gasteiger partial charge in [0.05, 0.1) is 18.9 Å². The van der Waals surface area contributed by atoms with Crippen LogP contribution in [-0.4, -0.2) is 31.7 Å². The second-order valence-electron chi connectivity index (χ2n) is 3.79. The molecule has 6 heteroatoms. The zero-order valence-corrected chi connectivity index (χ0v) is 9.51. The van der Waals surface area contributed by atoms with Crippen molar-refractivity contribution in [2.75, 3.05) is 6.54 Å². The van der Waals surface area contributed by atoms with E-state index in [2.05, 4.69) is 32.7 Å². The zero-order chi connectivity index (χ0) is 11.4. The van der Waals surface area contributed by atoms with Crippen LogP contribution >= 0.6 is 0 Å². The molecule has 0 spiro atoms. The summed E-state index contributed by atoms with van der Waals surface area (Å²) in [7, 11) is 0. The summed E-state index contributed by atoms with van der Waals surface area (Å²) in [4.78, 5) is 0. The fraction of sp³-hybridized carbons (Fsp3) is 0.500. The van der Waals surface area contributed by atoms with E-state index in [-0.39, 0.29) is 0 Å². The Kier molecular flexibility index (Phi) is 3.31. The molecule has 2 heterocycles. The van der Waals surface area contributed by atoms with E-state index in [4.69, 9.17) is 0 Å². The van der Waals surface area contributed by atoms with Crippen LogP contribution in [0.25, 0.3) is 0 Å². The third-order valence-corrected chi connectivity index (χ3v) is 2.60. The lowest BCUT2D eigenvalue weighted by Gasteiger charge is -2.12. The summed E-state index contributed by atoms with van der Waals surface area (Å²) >= 11 is 0.